The molecule has 0 fully saturated rings. The molecule has 4 aromatic rings. The molecule has 0 unspecified atom stereocenters. The predicted molar refractivity (Wildman–Crippen MR) is 129 cm³/mol. The van der Waals surface area contributed by atoms with Crippen LogP contribution in [0.2, 0.25) is 0 Å². The van der Waals surface area contributed by atoms with Crippen molar-refractivity contribution in [2.45, 2.75) is 14.7 Å². The molecule has 0 saturated carbocycles. The van der Waals surface area contributed by atoms with Crippen LogP contribution in [0.3, 0.4) is 0 Å². The molecular formula is C23H15N3O6S3. The highest BCUT2D eigenvalue weighted by Crippen LogP contribution is 2.35. The average Bonchev–Trinajstić information content (AvgIpc) is 3.35. The van der Waals surface area contributed by atoms with Crippen molar-refractivity contribution < 1.29 is 26.4 Å². The number of carbonyl (C=O) groups excluding carboxylic acids is 2. The Labute approximate surface area is 204 Å². The van der Waals surface area contributed by atoms with Crippen LogP contribution < -0.4 is 10.0 Å². The Bertz CT molecular complexity index is 1700. The van der Waals surface area contributed by atoms with E-state index < -0.39 is 31.6 Å². The van der Waals surface area contributed by atoms with Crippen molar-refractivity contribution in [1.29, 1.82) is 0 Å². The zero-order valence-corrected chi connectivity index (χ0v) is 20.1. The van der Waals surface area contributed by atoms with Crippen molar-refractivity contribution in [3.8, 4) is 0 Å². The number of thiazole rings is 1. The van der Waals surface area contributed by atoms with Gasteiger partial charge in [0.05, 0.1) is 14.7 Å². The van der Waals surface area contributed by atoms with Gasteiger partial charge in [0.2, 0.25) is 9.84 Å². The number of carbonyl (C=O) groups is 2. The van der Waals surface area contributed by atoms with Gasteiger partial charge in [-0.2, -0.15) is 0 Å². The molecule has 12 heteroatoms. The molecule has 35 heavy (non-hydrogen) atoms. The first-order valence-corrected chi connectivity index (χ1v) is 13.9. The molecule has 0 saturated heterocycles. The molecule has 3 aromatic carbocycles. The summed E-state index contributed by atoms with van der Waals surface area (Å²) in [6, 6.07) is 15.2. The van der Waals surface area contributed by atoms with Gasteiger partial charge in [0.1, 0.15) is 0 Å². The van der Waals surface area contributed by atoms with Gasteiger partial charge in [0, 0.05) is 34.0 Å². The number of benzene rings is 3. The van der Waals surface area contributed by atoms with Crippen LogP contribution in [0, 0.1) is 0 Å². The summed E-state index contributed by atoms with van der Waals surface area (Å²) >= 11 is 1.14. The molecule has 0 aliphatic carbocycles. The number of fused-ring (bicyclic) bond motifs is 2. The van der Waals surface area contributed by atoms with E-state index >= 15 is 0 Å². The first kappa shape index (κ1) is 22.9. The molecule has 0 radical (unpaired) electrons. The zero-order chi connectivity index (χ0) is 24.8. The Balaban J connectivity index is 1.39. The number of anilines is 2. The number of nitrogens with zero attached hydrogens (tertiary/aromatic N) is 1. The van der Waals surface area contributed by atoms with Crippen LogP contribution in [0.15, 0.2) is 93.0 Å². The molecule has 0 bridgehead atoms. The molecule has 0 spiro atoms. The van der Waals surface area contributed by atoms with E-state index in [9.17, 15) is 26.4 Å². The molecule has 0 atom stereocenters. The third-order valence-corrected chi connectivity index (χ3v) is 9.30. The van der Waals surface area contributed by atoms with Crippen LogP contribution in [0.25, 0.3) is 0 Å². The topological polar surface area (TPSA) is 139 Å². The fourth-order valence-electron chi connectivity index (χ4n) is 3.59. The number of sulfonamides is 1. The van der Waals surface area contributed by atoms with E-state index in [0.717, 1.165) is 11.3 Å². The summed E-state index contributed by atoms with van der Waals surface area (Å²) in [5.74, 6) is -1.05. The second-order valence-electron chi connectivity index (χ2n) is 7.46. The quantitative estimate of drug-likeness (QED) is 0.357. The summed E-state index contributed by atoms with van der Waals surface area (Å²) in [4.78, 5) is 29.1. The predicted octanol–water partition coefficient (Wildman–Crippen LogP) is 3.57. The molecule has 2 N–H and O–H groups in total. The third-order valence-electron chi connectivity index (χ3n) is 5.28. The summed E-state index contributed by atoms with van der Waals surface area (Å²) in [6.45, 7) is 0. The van der Waals surface area contributed by atoms with Crippen molar-refractivity contribution in [2.24, 2.45) is 0 Å². The fraction of sp³-hybridized carbons (Fsp3) is 0. The van der Waals surface area contributed by atoms with Crippen molar-refractivity contribution in [2.75, 3.05) is 10.0 Å². The fourth-order valence-corrected chi connectivity index (χ4v) is 7.06. The Morgan fingerprint density at radius 2 is 1.63 bits per heavy atom. The number of hydrogen-bond donors (Lipinski definition) is 2. The van der Waals surface area contributed by atoms with Gasteiger partial charge in [-0.1, -0.05) is 12.1 Å². The lowest BCUT2D eigenvalue weighted by Gasteiger charge is -2.19. The highest BCUT2D eigenvalue weighted by atomic mass is 32.2. The van der Waals surface area contributed by atoms with Gasteiger partial charge >= 0.3 is 0 Å². The van der Waals surface area contributed by atoms with Crippen LogP contribution >= 0.6 is 11.3 Å². The van der Waals surface area contributed by atoms with Gasteiger partial charge in [-0.3, -0.25) is 14.3 Å². The first-order valence-electron chi connectivity index (χ1n) is 10.0. The minimum atomic E-state index is -3.99. The lowest BCUT2D eigenvalue weighted by atomic mass is 10.0. The number of rotatable bonds is 5. The average molecular weight is 526 g/mol. The van der Waals surface area contributed by atoms with E-state index in [0.29, 0.717) is 5.69 Å². The summed E-state index contributed by atoms with van der Waals surface area (Å²) in [7, 11) is -7.83. The van der Waals surface area contributed by atoms with Crippen molar-refractivity contribution in [1.82, 2.24) is 4.98 Å². The number of aromatic nitrogens is 1. The normalized spacial score (nSPS) is 14.0. The minimum absolute atomic E-state index is 0.00235. The largest absolute Gasteiger partial charge is 0.322 e. The van der Waals surface area contributed by atoms with Gasteiger partial charge < -0.3 is 5.32 Å². The summed E-state index contributed by atoms with van der Waals surface area (Å²) < 4.78 is 53.4. The molecular weight excluding hydrogens is 510 g/mol. The molecule has 1 aromatic heterocycles. The maximum absolute atomic E-state index is 13.1. The van der Waals surface area contributed by atoms with Gasteiger partial charge in [0.15, 0.2) is 10.9 Å². The number of nitrogens with one attached hydrogen (secondary N) is 2. The van der Waals surface area contributed by atoms with E-state index in [4.69, 9.17) is 0 Å². The van der Waals surface area contributed by atoms with E-state index in [2.05, 4.69) is 15.0 Å². The lowest BCUT2D eigenvalue weighted by Crippen LogP contribution is -2.21. The smallest absolute Gasteiger partial charge is 0.263 e. The highest BCUT2D eigenvalue weighted by Gasteiger charge is 2.35. The van der Waals surface area contributed by atoms with Gasteiger partial charge in [0.25, 0.3) is 15.9 Å². The monoisotopic (exact) mass is 525 g/mol. The molecule has 1 aliphatic heterocycles. The van der Waals surface area contributed by atoms with Crippen LogP contribution in [0.1, 0.15) is 26.3 Å². The summed E-state index contributed by atoms with van der Waals surface area (Å²) in [5, 5.41) is 4.47. The molecule has 1 aliphatic rings. The highest BCUT2D eigenvalue weighted by molar-refractivity contribution is 7.93. The zero-order valence-electron chi connectivity index (χ0n) is 17.6. The number of amides is 1. The molecule has 176 valence electrons. The summed E-state index contributed by atoms with van der Waals surface area (Å²) in [6.07, 6.45) is 1.47. The van der Waals surface area contributed by atoms with Crippen molar-refractivity contribution in [3.63, 3.8) is 0 Å². The summed E-state index contributed by atoms with van der Waals surface area (Å²) in [5.41, 5.74) is 0.422. The van der Waals surface area contributed by atoms with Gasteiger partial charge in [-0.15, -0.1) is 11.3 Å². The standard InChI is InChI=1S/C23H15N3O6S3/c27-21-17-3-1-2-4-19(17)34(29,30)20-13-14(5-10-18(20)21)22(28)25-15-6-8-16(9-7-15)35(31,32)26-23-24-11-12-33-23/h1-13H,(H,24,26)(H,25,28). The van der Waals surface area contributed by atoms with Gasteiger partial charge in [-0.25, -0.2) is 21.8 Å². The Morgan fingerprint density at radius 3 is 2.34 bits per heavy atom. The second kappa shape index (κ2) is 8.41. The lowest BCUT2D eigenvalue weighted by molar-refractivity contribution is 0.101. The molecule has 9 nitrogen and oxygen atoms in total. The SMILES string of the molecule is O=C(Nc1ccc(S(=O)(=O)Nc2nccs2)cc1)c1ccc2c(c1)S(=O)(=O)c1ccccc1C2=O. The van der Waals surface area contributed by atoms with Crippen molar-refractivity contribution >= 4 is 53.7 Å². The maximum atomic E-state index is 13.1. The maximum Gasteiger partial charge on any atom is 0.263 e. The minimum Gasteiger partial charge on any atom is -0.322 e. The van der Waals surface area contributed by atoms with Crippen LogP contribution in [0.5, 0.6) is 0 Å². The number of sulfone groups is 1. The van der Waals surface area contributed by atoms with E-state index in [1.165, 1.54) is 66.9 Å². The second-order valence-corrected chi connectivity index (χ2v) is 11.9. The molecule has 1 amide bonds. The Morgan fingerprint density at radius 1 is 0.914 bits per heavy atom. The third kappa shape index (κ3) is 4.11. The van der Waals surface area contributed by atoms with E-state index in [1.807, 2.05) is 0 Å². The van der Waals surface area contributed by atoms with Gasteiger partial charge in [-0.05, 0) is 54.6 Å². The first-order chi connectivity index (χ1) is 16.7. The number of ketones is 1. The van der Waals surface area contributed by atoms with Crippen LogP contribution in [-0.4, -0.2) is 33.5 Å². The van der Waals surface area contributed by atoms with E-state index in [1.54, 1.807) is 11.4 Å². The van der Waals surface area contributed by atoms with Crippen LogP contribution in [-0.2, 0) is 19.9 Å². The Hall–Kier alpha value is -3.87. The van der Waals surface area contributed by atoms with Crippen molar-refractivity contribution in [3.05, 3.63) is 95.0 Å². The Kier molecular flexibility index (Phi) is 5.50. The molecule has 5 rings (SSSR count). The van der Waals surface area contributed by atoms with E-state index in [-0.39, 0.29) is 36.5 Å². The number of hydrogen-bond acceptors (Lipinski definition) is 8. The van der Waals surface area contributed by atoms with Crippen LogP contribution in [0.4, 0.5) is 10.8 Å². The molecule has 2 heterocycles.